The lowest BCUT2D eigenvalue weighted by Crippen LogP contribution is -2.09. The predicted molar refractivity (Wildman–Crippen MR) is 104 cm³/mol. The van der Waals surface area contributed by atoms with Gasteiger partial charge in [0.2, 0.25) is 0 Å². The van der Waals surface area contributed by atoms with Crippen molar-refractivity contribution in [1.82, 2.24) is 0 Å². The zero-order valence-corrected chi connectivity index (χ0v) is 16.1. The molecule has 0 radical (unpaired) electrons. The molecule has 6 nitrogen and oxygen atoms in total. The second kappa shape index (κ2) is 8.01. The van der Waals surface area contributed by atoms with Crippen molar-refractivity contribution in [2.24, 2.45) is 0 Å². The van der Waals surface area contributed by atoms with Crippen molar-refractivity contribution < 1.29 is 17.0 Å². The highest BCUT2D eigenvalue weighted by Crippen LogP contribution is 2.25. The Morgan fingerprint density at radius 2 is 2.26 bits per heavy atom. The van der Waals surface area contributed by atoms with Crippen LogP contribution in [0, 0.1) is 23.2 Å². The summed E-state index contributed by atoms with van der Waals surface area (Å²) in [5.74, 6) is 7.90. The zero-order chi connectivity index (χ0) is 19.4. The molecule has 1 aromatic carbocycles. The first kappa shape index (κ1) is 19.2. The Morgan fingerprint density at radius 3 is 3.00 bits per heavy atom. The Labute approximate surface area is 160 Å². The van der Waals surface area contributed by atoms with Crippen LogP contribution < -0.4 is 5.63 Å². The highest BCUT2D eigenvalue weighted by atomic mass is 32.2. The van der Waals surface area contributed by atoms with Crippen molar-refractivity contribution in [2.75, 3.05) is 12.4 Å². The van der Waals surface area contributed by atoms with Crippen molar-refractivity contribution in [3.05, 3.63) is 50.2 Å². The van der Waals surface area contributed by atoms with E-state index in [1.54, 1.807) is 23.9 Å². The van der Waals surface area contributed by atoms with Gasteiger partial charge < -0.3 is 4.42 Å². The largest absolute Gasteiger partial charge is 0.422 e. The molecule has 0 spiro atoms. The molecule has 138 valence electrons. The first-order valence-corrected chi connectivity index (χ1v) is 10.7. The van der Waals surface area contributed by atoms with Gasteiger partial charge in [-0.2, -0.15) is 25.4 Å². The lowest BCUT2D eigenvalue weighted by atomic mass is 10.0. The van der Waals surface area contributed by atoms with E-state index in [0.717, 1.165) is 35.1 Å². The number of nitrogens with zero attached hydrogens (tertiary/aromatic N) is 1. The minimum atomic E-state index is -4.22. The van der Waals surface area contributed by atoms with E-state index < -0.39 is 20.6 Å². The maximum Gasteiger partial charge on any atom is 0.343 e. The fraction of sp³-hybridized carbons (Fsp3) is 0.263. The second-order valence-electron chi connectivity index (χ2n) is 5.62. The molecule has 1 aliphatic heterocycles. The van der Waals surface area contributed by atoms with Crippen LogP contribution in [-0.2, 0) is 20.1 Å². The van der Waals surface area contributed by atoms with Gasteiger partial charge in [0.1, 0.15) is 11.7 Å². The molecule has 1 aromatic heterocycles. The summed E-state index contributed by atoms with van der Waals surface area (Å²) >= 11 is 1.77. The number of hydrogen-bond donors (Lipinski definition) is 0. The summed E-state index contributed by atoms with van der Waals surface area (Å²) in [6.45, 7) is 1.38. The fourth-order valence-electron chi connectivity index (χ4n) is 2.55. The van der Waals surface area contributed by atoms with Gasteiger partial charge in [-0.15, -0.1) is 0 Å². The smallest absolute Gasteiger partial charge is 0.343 e. The average Bonchev–Trinajstić information content (AvgIpc) is 2.60. The van der Waals surface area contributed by atoms with Crippen LogP contribution in [0.5, 0.6) is 0 Å². The van der Waals surface area contributed by atoms with Crippen LogP contribution in [0.1, 0.15) is 30.0 Å². The van der Waals surface area contributed by atoms with Crippen LogP contribution in [0.4, 0.5) is 0 Å². The highest BCUT2D eigenvalue weighted by molar-refractivity contribution is 7.98. The van der Waals surface area contributed by atoms with Gasteiger partial charge in [0.05, 0.1) is 12.2 Å². The van der Waals surface area contributed by atoms with Crippen molar-refractivity contribution in [3.8, 4) is 17.9 Å². The second-order valence-corrected chi connectivity index (χ2v) is 8.31. The van der Waals surface area contributed by atoms with E-state index in [0.29, 0.717) is 11.0 Å². The summed E-state index contributed by atoms with van der Waals surface area (Å²) < 4.78 is 33.8. The van der Waals surface area contributed by atoms with Gasteiger partial charge in [-0.1, -0.05) is 11.8 Å². The van der Waals surface area contributed by atoms with Gasteiger partial charge in [-0.25, -0.2) is 4.79 Å². The average molecular weight is 401 g/mol. The van der Waals surface area contributed by atoms with Crippen LogP contribution in [0.15, 0.2) is 32.3 Å². The molecule has 0 unspecified atom stereocenters. The summed E-state index contributed by atoms with van der Waals surface area (Å²) in [6, 6.07) is 6.67. The maximum atomic E-state index is 12.3. The monoisotopic (exact) mass is 401 g/mol. The van der Waals surface area contributed by atoms with Crippen molar-refractivity contribution in [3.63, 3.8) is 0 Å². The van der Waals surface area contributed by atoms with E-state index in [2.05, 4.69) is 16.0 Å². The Bertz CT molecular complexity index is 1190. The normalized spacial score (nSPS) is 14.4. The van der Waals surface area contributed by atoms with E-state index in [1.807, 2.05) is 6.07 Å². The SMILES string of the molecule is CCOS(=O)(=O)C(C#N)=Cc1cc2cc3c(cc2oc1=O)C#CCCSC3. The topological polar surface area (TPSA) is 97.4 Å². The summed E-state index contributed by atoms with van der Waals surface area (Å²) in [5.41, 5.74) is 1.42. The lowest BCUT2D eigenvalue weighted by molar-refractivity contribution is 0.343. The molecule has 2 heterocycles. The highest BCUT2D eigenvalue weighted by Gasteiger charge is 2.19. The number of hydrogen-bond acceptors (Lipinski definition) is 7. The van der Waals surface area contributed by atoms with Crippen molar-refractivity contribution in [2.45, 2.75) is 19.1 Å². The van der Waals surface area contributed by atoms with Crippen LogP contribution in [0.2, 0.25) is 0 Å². The van der Waals surface area contributed by atoms with Gasteiger partial charge >= 0.3 is 15.7 Å². The Hall–Kier alpha value is -2.52. The zero-order valence-electron chi connectivity index (χ0n) is 14.4. The third-order valence-electron chi connectivity index (χ3n) is 3.78. The molecule has 0 saturated carbocycles. The van der Waals surface area contributed by atoms with E-state index >= 15 is 0 Å². The predicted octanol–water partition coefficient (Wildman–Crippen LogP) is 3.01. The summed E-state index contributed by atoms with van der Waals surface area (Å²) in [7, 11) is -4.22. The molecule has 2 aromatic rings. The quantitative estimate of drug-likeness (QED) is 0.336. The van der Waals surface area contributed by atoms with Crippen molar-refractivity contribution >= 4 is 38.9 Å². The Kier molecular flexibility index (Phi) is 5.71. The number of benzene rings is 1. The number of allylic oxidation sites excluding steroid dienone is 1. The fourth-order valence-corrected chi connectivity index (χ4v) is 4.22. The third kappa shape index (κ3) is 4.25. The number of fused-ring (bicyclic) bond motifs is 2. The van der Waals surface area contributed by atoms with Crippen molar-refractivity contribution in [1.29, 1.82) is 5.26 Å². The first-order valence-electron chi connectivity index (χ1n) is 8.13. The van der Waals surface area contributed by atoms with Crippen LogP contribution in [-0.4, -0.2) is 20.8 Å². The number of thioether (sulfide) groups is 1. The van der Waals surface area contributed by atoms with Gasteiger partial charge in [0, 0.05) is 28.9 Å². The number of rotatable bonds is 4. The maximum absolute atomic E-state index is 12.3. The summed E-state index contributed by atoms with van der Waals surface area (Å²) in [4.78, 5) is 11.6. The molecular formula is C19H15NO5S2. The molecule has 0 fully saturated rings. The number of nitriles is 1. The molecule has 3 rings (SSSR count). The van der Waals surface area contributed by atoms with Gasteiger partial charge in [0.15, 0.2) is 4.91 Å². The molecular weight excluding hydrogens is 386 g/mol. The van der Waals surface area contributed by atoms with E-state index in [1.165, 1.54) is 13.0 Å². The summed E-state index contributed by atoms with van der Waals surface area (Å²) in [5, 5.41) is 9.77. The minimum absolute atomic E-state index is 0.0353. The van der Waals surface area contributed by atoms with Crippen LogP contribution in [0.25, 0.3) is 17.0 Å². The van der Waals surface area contributed by atoms with E-state index in [9.17, 15) is 13.2 Å². The lowest BCUT2D eigenvalue weighted by Gasteiger charge is -2.09. The van der Waals surface area contributed by atoms with Gasteiger partial charge in [0.25, 0.3) is 0 Å². The molecule has 0 amide bonds. The molecule has 27 heavy (non-hydrogen) atoms. The summed E-state index contributed by atoms with van der Waals surface area (Å²) in [6.07, 6.45) is 1.78. The van der Waals surface area contributed by atoms with E-state index in [-0.39, 0.29) is 12.2 Å². The standard InChI is InChI=1S/C19H15NO5S2/c1-2-24-27(22,23)17(11-20)9-15-7-14-8-16-12-26-6-4-3-5-13(16)10-18(14)25-19(15)21/h7-10H,2,4,6,12H2,1H3. The molecule has 0 atom stereocenters. The third-order valence-corrected chi connectivity index (χ3v) is 6.08. The molecule has 0 aliphatic carbocycles. The van der Waals surface area contributed by atoms with E-state index in [4.69, 9.17) is 9.68 Å². The Balaban J connectivity index is 2.15. The van der Waals surface area contributed by atoms with Crippen LogP contribution in [0.3, 0.4) is 0 Å². The molecule has 1 aliphatic rings. The van der Waals surface area contributed by atoms with Gasteiger partial charge in [-0.05, 0) is 36.8 Å². The molecule has 0 N–H and O–H groups in total. The van der Waals surface area contributed by atoms with Gasteiger partial charge in [-0.3, -0.25) is 4.18 Å². The minimum Gasteiger partial charge on any atom is -0.422 e. The molecule has 0 bridgehead atoms. The molecule has 0 saturated heterocycles. The molecule has 8 heteroatoms. The van der Waals surface area contributed by atoms with Crippen LogP contribution >= 0.6 is 11.8 Å². The first-order chi connectivity index (χ1) is 12.9. The Morgan fingerprint density at radius 1 is 1.44 bits per heavy atom.